The van der Waals surface area contributed by atoms with Crippen LogP contribution < -0.4 is 0 Å². The summed E-state index contributed by atoms with van der Waals surface area (Å²) in [6, 6.07) is 22.5. The van der Waals surface area contributed by atoms with Crippen LogP contribution in [0, 0.1) is 5.92 Å². The molecule has 0 spiro atoms. The molecule has 1 saturated carbocycles. The molecule has 2 aliphatic carbocycles. The first-order chi connectivity index (χ1) is 13.3. The van der Waals surface area contributed by atoms with Crippen LogP contribution in [0.15, 0.2) is 81.2 Å². The molecule has 0 N–H and O–H groups in total. The molecule has 0 bridgehead atoms. The zero-order valence-corrected chi connectivity index (χ0v) is 19.0. The summed E-state index contributed by atoms with van der Waals surface area (Å²) < 4.78 is 4.58. The first kappa shape index (κ1) is 19.1. The molecular weight excluding hydrogens is 404 g/mol. The van der Waals surface area contributed by atoms with Gasteiger partial charge in [-0.25, -0.2) is 0 Å². The maximum absolute atomic E-state index is 2.62. The van der Waals surface area contributed by atoms with Gasteiger partial charge in [-0.15, -0.1) is 0 Å². The van der Waals surface area contributed by atoms with Crippen molar-refractivity contribution in [1.82, 2.24) is 0 Å². The second-order valence-electron chi connectivity index (χ2n) is 8.23. The topological polar surface area (TPSA) is 0 Å². The molecule has 139 valence electrons. The molecule has 0 saturated heterocycles. The molecule has 1 heteroatoms. The Labute approximate surface area is 173 Å². The molecule has 0 atom stereocenters. The first-order valence-corrected chi connectivity index (χ1v) is 15.3. The predicted octanol–water partition coefficient (Wildman–Crippen LogP) is 7.19. The Morgan fingerprint density at radius 1 is 0.778 bits per heavy atom. The molecule has 1 fully saturated rings. The van der Waals surface area contributed by atoms with Crippen molar-refractivity contribution in [3.8, 4) is 0 Å². The van der Waals surface area contributed by atoms with Crippen LogP contribution in [-0.4, -0.2) is 0 Å². The number of allylic oxidation sites excluding steroid dienone is 4. The Bertz CT molecular complexity index is 753. The van der Waals surface area contributed by atoms with E-state index in [9.17, 15) is 0 Å². The second-order valence-corrected chi connectivity index (χ2v) is 14.4. The van der Waals surface area contributed by atoms with Crippen LogP contribution in [-0.2, 0) is 30.0 Å². The summed E-state index contributed by atoms with van der Waals surface area (Å²) in [5.74, 6) is 0.856. The standard InChI is InChI=1S/C12H17.2C7H7.Zr/c1-10-6-5-9-12(10)11-7-3-2-4-8-11;2*1-7-5-3-2-4-6-7;/h9,11H,2-5,7-8H2,1H3;2*2-6H,1H2;. The fourth-order valence-corrected chi connectivity index (χ4v) is 12.5. The number of rotatable bonds is 6. The Balaban J connectivity index is 1.58. The van der Waals surface area contributed by atoms with Gasteiger partial charge in [0, 0.05) is 0 Å². The number of hydrogen-bond acceptors (Lipinski definition) is 0. The van der Waals surface area contributed by atoms with Crippen LogP contribution in [0.5, 0.6) is 0 Å². The minimum absolute atomic E-state index is 0.856. The molecule has 27 heavy (non-hydrogen) atoms. The molecule has 0 radical (unpaired) electrons. The van der Waals surface area contributed by atoms with E-state index in [2.05, 4.69) is 73.7 Å². The van der Waals surface area contributed by atoms with E-state index in [4.69, 9.17) is 0 Å². The van der Waals surface area contributed by atoms with Gasteiger partial charge in [-0.3, -0.25) is 0 Å². The third-order valence-electron chi connectivity index (χ3n) is 6.40. The normalized spacial score (nSPS) is 17.9. The van der Waals surface area contributed by atoms with E-state index >= 15 is 0 Å². The van der Waals surface area contributed by atoms with Gasteiger partial charge in [0.1, 0.15) is 0 Å². The van der Waals surface area contributed by atoms with Crippen molar-refractivity contribution in [2.45, 2.75) is 53.7 Å². The fraction of sp³-hybridized carbons (Fsp3) is 0.385. The van der Waals surface area contributed by atoms with Crippen molar-refractivity contribution in [1.29, 1.82) is 0 Å². The van der Waals surface area contributed by atoms with Gasteiger partial charge in [0.25, 0.3) is 0 Å². The number of hydrogen-bond donors (Lipinski definition) is 0. The summed E-state index contributed by atoms with van der Waals surface area (Å²) in [6.07, 6.45) is 11.0. The van der Waals surface area contributed by atoms with E-state index < -0.39 is 21.8 Å². The molecule has 0 nitrogen and oxygen atoms in total. The molecule has 2 aliphatic rings. The monoisotopic (exact) mass is 433 g/mol. The number of benzene rings is 2. The van der Waals surface area contributed by atoms with Gasteiger partial charge in [0.2, 0.25) is 0 Å². The summed E-state index contributed by atoms with van der Waals surface area (Å²) >= 11 is -1.76. The van der Waals surface area contributed by atoms with Gasteiger partial charge in [-0.1, -0.05) is 0 Å². The second kappa shape index (κ2) is 9.33. The van der Waals surface area contributed by atoms with Gasteiger partial charge in [-0.05, 0) is 0 Å². The van der Waals surface area contributed by atoms with Crippen LogP contribution >= 0.6 is 0 Å². The van der Waals surface area contributed by atoms with Gasteiger partial charge in [0.05, 0.1) is 0 Å². The third-order valence-corrected chi connectivity index (χ3v) is 14.0. The van der Waals surface area contributed by atoms with Gasteiger partial charge < -0.3 is 0 Å². The average molecular weight is 435 g/mol. The van der Waals surface area contributed by atoms with E-state index in [0.717, 1.165) is 5.92 Å². The molecular formula is C26H31Zr. The van der Waals surface area contributed by atoms with Crippen LogP contribution in [0.1, 0.15) is 56.6 Å². The van der Waals surface area contributed by atoms with Crippen molar-refractivity contribution < 1.29 is 21.8 Å². The van der Waals surface area contributed by atoms with Gasteiger partial charge >= 0.3 is 174 Å². The van der Waals surface area contributed by atoms with E-state index in [1.165, 1.54) is 46.8 Å². The zero-order valence-electron chi connectivity index (χ0n) is 16.6. The fourth-order valence-electron chi connectivity index (χ4n) is 4.95. The predicted molar refractivity (Wildman–Crippen MR) is 112 cm³/mol. The Morgan fingerprint density at radius 3 is 1.89 bits per heavy atom. The average Bonchev–Trinajstić information content (AvgIpc) is 3.11. The van der Waals surface area contributed by atoms with Crippen LogP contribution in [0.4, 0.5) is 0 Å². The molecule has 0 amide bonds. The summed E-state index contributed by atoms with van der Waals surface area (Å²) in [5, 5.41) is 0. The molecule has 2 aromatic rings. The van der Waals surface area contributed by atoms with Crippen molar-refractivity contribution >= 4 is 0 Å². The van der Waals surface area contributed by atoms with Crippen LogP contribution in [0.2, 0.25) is 0 Å². The SMILES string of the molecule is CC1=[C]([Zr]([CH2]c2ccccc2)[CH2]c2ccccc2)CC=C1C1CCCCC1. The van der Waals surface area contributed by atoms with Gasteiger partial charge in [-0.2, -0.15) is 0 Å². The maximum atomic E-state index is 2.62. The van der Waals surface area contributed by atoms with Crippen LogP contribution in [0.3, 0.4) is 0 Å². The molecule has 0 aliphatic heterocycles. The van der Waals surface area contributed by atoms with Crippen molar-refractivity contribution in [3.05, 3.63) is 92.3 Å². The van der Waals surface area contributed by atoms with E-state index in [1.54, 1.807) is 22.3 Å². The Hall–Kier alpha value is -1.20. The summed E-state index contributed by atoms with van der Waals surface area (Å²) in [4.78, 5) is 0. The molecule has 2 aromatic carbocycles. The van der Waals surface area contributed by atoms with Crippen LogP contribution in [0.25, 0.3) is 0 Å². The molecule has 0 unspecified atom stereocenters. The van der Waals surface area contributed by atoms with Crippen molar-refractivity contribution in [2.75, 3.05) is 0 Å². The van der Waals surface area contributed by atoms with Crippen molar-refractivity contribution in [2.24, 2.45) is 5.92 Å². The van der Waals surface area contributed by atoms with Crippen molar-refractivity contribution in [3.63, 3.8) is 0 Å². The van der Waals surface area contributed by atoms with E-state index in [1.807, 2.05) is 3.28 Å². The van der Waals surface area contributed by atoms with Gasteiger partial charge in [0.15, 0.2) is 0 Å². The van der Waals surface area contributed by atoms with E-state index in [-0.39, 0.29) is 0 Å². The summed E-state index contributed by atoms with van der Waals surface area (Å²) in [7, 11) is 0. The molecule has 4 rings (SSSR count). The zero-order chi connectivity index (χ0) is 18.5. The third kappa shape index (κ3) is 4.81. The molecule has 0 heterocycles. The summed E-state index contributed by atoms with van der Waals surface area (Å²) in [6.45, 7) is 2.46. The molecule has 0 aromatic heterocycles. The first-order valence-electron chi connectivity index (χ1n) is 10.6. The minimum atomic E-state index is -1.76. The Morgan fingerprint density at radius 2 is 1.33 bits per heavy atom. The Kier molecular flexibility index (Phi) is 6.61. The van der Waals surface area contributed by atoms with E-state index in [0.29, 0.717) is 0 Å². The summed E-state index contributed by atoms with van der Waals surface area (Å²) in [5.41, 5.74) is 6.55. The quantitative estimate of drug-likeness (QED) is 0.451.